The minimum Gasteiger partial charge on any atom is -0.372 e. The van der Waals surface area contributed by atoms with Crippen molar-refractivity contribution >= 4 is 11.4 Å². The van der Waals surface area contributed by atoms with Crippen LogP contribution in [0.25, 0.3) is 11.3 Å². The van der Waals surface area contributed by atoms with E-state index in [-0.39, 0.29) is 6.17 Å². The summed E-state index contributed by atoms with van der Waals surface area (Å²) in [6.45, 7) is 4.41. The number of aromatic nitrogens is 2. The first kappa shape index (κ1) is 15.5. The molecule has 3 aromatic rings. The van der Waals surface area contributed by atoms with Crippen molar-refractivity contribution in [1.82, 2.24) is 9.78 Å². The number of piperidine rings is 1. The molecular formula is C22H24N4. The summed E-state index contributed by atoms with van der Waals surface area (Å²) < 4.78 is 2.12. The Morgan fingerprint density at radius 3 is 2.54 bits per heavy atom. The van der Waals surface area contributed by atoms with E-state index in [2.05, 4.69) is 76.4 Å². The zero-order chi connectivity index (χ0) is 17.5. The molecule has 1 aromatic heterocycles. The van der Waals surface area contributed by atoms with Gasteiger partial charge in [0, 0.05) is 30.0 Å². The normalized spacial score (nSPS) is 18.8. The van der Waals surface area contributed by atoms with Crippen molar-refractivity contribution in [1.29, 1.82) is 0 Å². The van der Waals surface area contributed by atoms with Crippen LogP contribution in [0.4, 0.5) is 11.4 Å². The van der Waals surface area contributed by atoms with Gasteiger partial charge in [-0.3, -0.25) is 0 Å². The van der Waals surface area contributed by atoms with Crippen molar-refractivity contribution in [3.63, 3.8) is 0 Å². The molecule has 1 fully saturated rings. The molecule has 5 rings (SSSR count). The number of anilines is 2. The summed E-state index contributed by atoms with van der Waals surface area (Å²) in [5, 5.41) is 8.43. The van der Waals surface area contributed by atoms with Crippen molar-refractivity contribution in [2.75, 3.05) is 23.3 Å². The van der Waals surface area contributed by atoms with Crippen LogP contribution in [0.2, 0.25) is 0 Å². The SMILES string of the molecule is Cc1cc2n(n1)C(c1ccc(N3CCCCC3)cc1)Nc1ccccc1-2. The molecule has 2 aliphatic rings. The highest BCUT2D eigenvalue weighted by Gasteiger charge is 2.26. The van der Waals surface area contributed by atoms with Gasteiger partial charge >= 0.3 is 0 Å². The Kier molecular flexibility index (Phi) is 3.70. The standard InChI is InChI=1S/C22H24N4/c1-16-15-21-19-7-3-4-8-20(19)23-22(26(21)24-16)17-9-11-18(12-10-17)25-13-5-2-6-14-25/h3-4,7-12,15,22-23H,2,5-6,13-14H2,1H3. The van der Waals surface area contributed by atoms with Crippen molar-refractivity contribution < 1.29 is 0 Å². The van der Waals surface area contributed by atoms with Crippen LogP contribution in [-0.4, -0.2) is 22.9 Å². The number of hydrogen-bond donors (Lipinski definition) is 1. The van der Waals surface area contributed by atoms with E-state index in [9.17, 15) is 0 Å². The summed E-state index contributed by atoms with van der Waals surface area (Å²) in [4.78, 5) is 2.50. The predicted molar refractivity (Wildman–Crippen MR) is 107 cm³/mol. The van der Waals surface area contributed by atoms with Crippen molar-refractivity contribution in [2.24, 2.45) is 0 Å². The van der Waals surface area contributed by atoms with Gasteiger partial charge in [-0.1, -0.05) is 30.3 Å². The van der Waals surface area contributed by atoms with Crippen LogP contribution in [0.15, 0.2) is 54.6 Å². The maximum atomic E-state index is 4.76. The minimum absolute atomic E-state index is 0.0315. The summed E-state index contributed by atoms with van der Waals surface area (Å²) in [5.41, 5.74) is 7.20. The molecule has 3 heterocycles. The Bertz CT molecular complexity index is 920. The zero-order valence-electron chi connectivity index (χ0n) is 15.2. The molecule has 0 spiro atoms. The number of para-hydroxylation sites is 1. The van der Waals surface area contributed by atoms with Gasteiger partial charge in [-0.25, -0.2) is 4.68 Å². The molecule has 4 nitrogen and oxygen atoms in total. The Labute approximate surface area is 154 Å². The third-order valence-corrected chi connectivity index (χ3v) is 5.53. The fourth-order valence-corrected chi connectivity index (χ4v) is 4.20. The number of hydrogen-bond acceptors (Lipinski definition) is 3. The molecule has 4 heteroatoms. The molecule has 0 bridgehead atoms. The summed E-state index contributed by atoms with van der Waals surface area (Å²) in [5.74, 6) is 0. The van der Waals surface area contributed by atoms with Crippen LogP contribution < -0.4 is 10.2 Å². The average molecular weight is 344 g/mol. The maximum absolute atomic E-state index is 4.76. The summed E-state index contributed by atoms with van der Waals surface area (Å²) in [6, 6.07) is 19.7. The lowest BCUT2D eigenvalue weighted by molar-refractivity contribution is 0.569. The van der Waals surface area contributed by atoms with Crippen LogP contribution in [0, 0.1) is 6.92 Å². The lowest BCUT2D eigenvalue weighted by Gasteiger charge is -2.31. The van der Waals surface area contributed by atoms with Gasteiger partial charge in [0.1, 0.15) is 6.17 Å². The quantitative estimate of drug-likeness (QED) is 0.723. The van der Waals surface area contributed by atoms with Gasteiger partial charge in [-0.05, 0) is 56.0 Å². The van der Waals surface area contributed by atoms with E-state index in [0.29, 0.717) is 0 Å². The topological polar surface area (TPSA) is 33.1 Å². The Morgan fingerprint density at radius 2 is 1.73 bits per heavy atom. The largest absolute Gasteiger partial charge is 0.372 e. The molecular weight excluding hydrogens is 320 g/mol. The Hall–Kier alpha value is -2.75. The summed E-state index contributed by atoms with van der Waals surface area (Å²) in [6.07, 6.45) is 4.00. The van der Waals surface area contributed by atoms with Crippen LogP contribution >= 0.6 is 0 Å². The molecule has 1 saturated heterocycles. The van der Waals surface area contributed by atoms with E-state index in [1.54, 1.807) is 0 Å². The van der Waals surface area contributed by atoms with Crippen molar-refractivity contribution in [3.8, 4) is 11.3 Å². The lowest BCUT2D eigenvalue weighted by atomic mass is 10.0. The molecule has 2 aromatic carbocycles. The van der Waals surface area contributed by atoms with E-state index >= 15 is 0 Å². The maximum Gasteiger partial charge on any atom is 0.147 e. The molecule has 1 atom stereocenters. The summed E-state index contributed by atoms with van der Waals surface area (Å²) >= 11 is 0. The predicted octanol–water partition coefficient (Wildman–Crippen LogP) is 4.82. The van der Waals surface area contributed by atoms with Gasteiger partial charge in [0.2, 0.25) is 0 Å². The van der Waals surface area contributed by atoms with Gasteiger partial charge in [-0.15, -0.1) is 0 Å². The monoisotopic (exact) mass is 344 g/mol. The third-order valence-electron chi connectivity index (χ3n) is 5.53. The number of aryl methyl sites for hydroxylation is 1. The van der Waals surface area contributed by atoms with Crippen molar-refractivity contribution in [2.45, 2.75) is 32.4 Å². The van der Waals surface area contributed by atoms with Crippen LogP contribution in [0.5, 0.6) is 0 Å². The minimum atomic E-state index is 0.0315. The number of rotatable bonds is 2. The number of benzene rings is 2. The third kappa shape index (κ3) is 2.57. The molecule has 1 unspecified atom stereocenters. The Morgan fingerprint density at radius 1 is 0.962 bits per heavy atom. The van der Waals surface area contributed by atoms with E-state index in [4.69, 9.17) is 5.10 Å². The van der Waals surface area contributed by atoms with Crippen LogP contribution in [0.1, 0.15) is 36.7 Å². The van der Waals surface area contributed by atoms with Crippen LogP contribution in [-0.2, 0) is 0 Å². The van der Waals surface area contributed by atoms with Gasteiger partial charge in [-0.2, -0.15) is 5.10 Å². The van der Waals surface area contributed by atoms with E-state index in [1.807, 2.05) is 0 Å². The highest BCUT2D eigenvalue weighted by Crippen LogP contribution is 2.38. The fraction of sp³-hybridized carbons (Fsp3) is 0.318. The molecule has 0 radical (unpaired) electrons. The second-order valence-corrected chi connectivity index (χ2v) is 7.35. The smallest absolute Gasteiger partial charge is 0.147 e. The first-order valence-corrected chi connectivity index (χ1v) is 9.56. The number of nitrogens with one attached hydrogen (secondary N) is 1. The fourth-order valence-electron chi connectivity index (χ4n) is 4.20. The number of fused-ring (bicyclic) bond motifs is 3. The average Bonchev–Trinajstić information content (AvgIpc) is 3.10. The van der Waals surface area contributed by atoms with Crippen LogP contribution in [0.3, 0.4) is 0 Å². The second kappa shape index (κ2) is 6.20. The highest BCUT2D eigenvalue weighted by molar-refractivity contribution is 5.78. The van der Waals surface area contributed by atoms with E-state index in [1.165, 1.54) is 60.5 Å². The highest BCUT2D eigenvalue weighted by atomic mass is 15.4. The van der Waals surface area contributed by atoms with Gasteiger partial charge in [0.05, 0.1) is 11.4 Å². The molecule has 2 aliphatic heterocycles. The second-order valence-electron chi connectivity index (χ2n) is 7.35. The van der Waals surface area contributed by atoms with Gasteiger partial charge < -0.3 is 10.2 Å². The van der Waals surface area contributed by atoms with Gasteiger partial charge in [0.15, 0.2) is 0 Å². The number of nitrogens with zero attached hydrogens (tertiary/aromatic N) is 3. The first-order chi connectivity index (χ1) is 12.8. The zero-order valence-corrected chi connectivity index (χ0v) is 15.2. The van der Waals surface area contributed by atoms with Crippen molar-refractivity contribution in [3.05, 3.63) is 65.9 Å². The molecule has 132 valence electrons. The molecule has 0 aliphatic carbocycles. The van der Waals surface area contributed by atoms with Gasteiger partial charge in [0.25, 0.3) is 0 Å². The molecule has 0 saturated carbocycles. The van der Waals surface area contributed by atoms with E-state index in [0.717, 1.165) is 5.69 Å². The molecule has 1 N–H and O–H groups in total. The van der Waals surface area contributed by atoms with E-state index < -0.39 is 0 Å². The molecule has 26 heavy (non-hydrogen) atoms. The lowest BCUT2D eigenvalue weighted by Crippen LogP contribution is -2.29. The first-order valence-electron chi connectivity index (χ1n) is 9.56. The summed E-state index contributed by atoms with van der Waals surface area (Å²) in [7, 11) is 0. The Balaban J connectivity index is 1.50. The molecule has 0 amide bonds.